The molecule has 2 heterocycles. The van der Waals surface area contributed by atoms with Crippen molar-refractivity contribution in [3.63, 3.8) is 0 Å². The number of hydrogen-bond acceptors (Lipinski definition) is 4. The summed E-state index contributed by atoms with van der Waals surface area (Å²) in [4.78, 5) is 4.14. The van der Waals surface area contributed by atoms with E-state index in [-0.39, 0.29) is 24.0 Å². The van der Waals surface area contributed by atoms with Crippen LogP contribution < -0.4 is 10.6 Å². The summed E-state index contributed by atoms with van der Waals surface area (Å²) in [7, 11) is 1.69. The predicted octanol–water partition coefficient (Wildman–Crippen LogP) is 2.68. The van der Waals surface area contributed by atoms with Crippen molar-refractivity contribution in [2.75, 3.05) is 13.6 Å². The highest BCUT2D eigenvalue weighted by Crippen LogP contribution is 2.26. The van der Waals surface area contributed by atoms with Crippen LogP contribution in [0.4, 0.5) is 0 Å². The SMILES string of the molecule is CN=C(NCc1ccoc1)NCC(C)(O)c1cc(C)oc1C.I. The van der Waals surface area contributed by atoms with Crippen molar-refractivity contribution >= 4 is 29.9 Å². The van der Waals surface area contributed by atoms with Crippen molar-refractivity contribution in [2.45, 2.75) is 32.9 Å². The Labute approximate surface area is 153 Å². The van der Waals surface area contributed by atoms with E-state index in [1.165, 1.54) is 0 Å². The topological polar surface area (TPSA) is 82.9 Å². The highest BCUT2D eigenvalue weighted by molar-refractivity contribution is 14.0. The first-order chi connectivity index (χ1) is 10.4. The van der Waals surface area contributed by atoms with E-state index in [2.05, 4.69) is 15.6 Å². The summed E-state index contributed by atoms with van der Waals surface area (Å²) in [5.74, 6) is 2.13. The first-order valence-corrected chi connectivity index (χ1v) is 7.18. The minimum absolute atomic E-state index is 0. The average molecular weight is 433 g/mol. The predicted molar refractivity (Wildman–Crippen MR) is 100 cm³/mol. The van der Waals surface area contributed by atoms with Crippen molar-refractivity contribution in [1.82, 2.24) is 10.6 Å². The maximum absolute atomic E-state index is 10.7. The largest absolute Gasteiger partial charge is 0.472 e. The van der Waals surface area contributed by atoms with Crippen molar-refractivity contribution in [2.24, 2.45) is 4.99 Å². The molecule has 0 saturated heterocycles. The van der Waals surface area contributed by atoms with Gasteiger partial charge in [-0.05, 0) is 32.9 Å². The Morgan fingerprint density at radius 2 is 2.09 bits per heavy atom. The average Bonchev–Trinajstić information content (AvgIpc) is 3.08. The lowest BCUT2D eigenvalue weighted by atomic mass is 9.96. The summed E-state index contributed by atoms with van der Waals surface area (Å²) in [6.07, 6.45) is 3.30. The van der Waals surface area contributed by atoms with Gasteiger partial charge in [-0.15, -0.1) is 24.0 Å². The van der Waals surface area contributed by atoms with E-state index in [0.29, 0.717) is 19.0 Å². The third-order valence-corrected chi connectivity index (χ3v) is 3.48. The highest BCUT2D eigenvalue weighted by atomic mass is 127. The second-order valence-corrected chi connectivity index (χ2v) is 5.51. The van der Waals surface area contributed by atoms with Gasteiger partial charge < -0.3 is 24.6 Å². The van der Waals surface area contributed by atoms with Gasteiger partial charge in [-0.1, -0.05) is 0 Å². The number of furan rings is 2. The minimum Gasteiger partial charge on any atom is -0.472 e. The number of hydrogen-bond donors (Lipinski definition) is 3. The van der Waals surface area contributed by atoms with Gasteiger partial charge in [0.15, 0.2) is 5.96 Å². The molecule has 3 N–H and O–H groups in total. The van der Waals surface area contributed by atoms with Gasteiger partial charge in [0.1, 0.15) is 17.1 Å². The van der Waals surface area contributed by atoms with Crippen molar-refractivity contribution in [3.05, 3.63) is 47.3 Å². The first-order valence-electron chi connectivity index (χ1n) is 7.18. The summed E-state index contributed by atoms with van der Waals surface area (Å²) in [5.41, 5.74) is 0.758. The summed E-state index contributed by atoms with van der Waals surface area (Å²) < 4.78 is 10.5. The fourth-order valence-corrected chi connectivity index (χ4v) is 2.32. The lowest BCUT2D eigenvalue weighted by molar-refractivity contribution is 0.0602. The normalized spacial score (nSPS) is 14.0. The number of halogens is 1. The molecule has 6 nitrogen and oxygen atoms in total. The van der Waals surface area contributed by atoms with E-state index in [1.807, 2.05) is 26.0 Å². The summed E-state index contributed by atoms with van der Waals surface area (Å²) in [6.45, 7) is 6.38. The van der Waals surface area contributed by atoms with Crippen molar-refractivity contribution in [1.29, 1.82) is 0 Å². The molecular formula is C16H24IN3O3. The van der Waals surface area contributed by atoms with Crippen LogP contribution in [0, 0.1) is 13.8 Å². The molecule has 2 aromatic rings. The van der Waals surface area contributed by atoms with E-state index in [0.717, 1.165) is 22.6 Å². The minimum atomic E-state index is -1.05. The van der Waals surface area contributed by atoms with Gasteiger partial charge in [-0.25, -0.2) is 0 Å². The molecule has 0 fully saturated rings. The van der Waals surface area contributed by atoms with Gasteiger partial charge in [-0.3, -0.25) is 4.99 Å². The third kappa shape index (κ3) is 5.28. The summed E-state index contributed by atoms with van der Waals surface area (Å²) >= 11 is 0. The second-order valence-electron chi connectivity index (χ2n) is 5.51. The highest BCUT2D eigenvalue weighted by Gasteiger charge is 2.27. The third-order valence-electron chi connectivity index (χ3n) is 3.48. The Kier molecular flexibility index (Phi) is 7.14. The number of nitrogens with zero attached hydrogens (tertiary/aromatic N) is 1. The van der Waals surface area contributed by atoms with E-state index >= 15 is 0 Å². The van der Waals surface area contributed by atoms with Crippen LogP contribution in [0.25, 0.3) is 0 Å². The Morgan fingerprint density at radius 3 is 2.61 bits per heavy atom. The standard InChI is InChI=1S/C16H23N3O3.HI/c1-11-7-14(12(2)22-11)16(3,20)10-19-15(17-4)18-8-13-5-6-21-9-13;/h5-7,9,20H,8,10H2,1-4H3,(H2,17,18,19);1H. The van der Waals surface area contributed by atoms with Crippen molar-refractivity contribution < 1.29 is 13.9 Å². The molecule has 128 valence electrons. The number of aliphatic imine (C=N–C) groups is 1. The number of aryl methyl sites for hydroxylation is 2. The second kappa shape index (κ2) is 8.39. The van der Waals surface area contributed by atoms with E-state index < -0.39 is 5.60 Å². The van der Waals surface area contributed by atoms with Gasteiger partial charge in [0.2, 0.25) is 0 Å². The molecule has 0 bridgehead atoms. The van der Waals surface area contributed by atoms with Gasteiger partial charge in [-0.2, -0.15) is 0 Å². The summed E-state index contributed by atoms with van der Waals surface area (Å²) in [6, 6.07) is 3.74. The molecule has 1 atom stereocenters. The zero-order valence-corrected chi connectivity index (χ0v) is 16.2. The van der Waals surface area contributed by atoms with Gasteiger partial charge in [0.05, 0.1) is 19.1 Å². The molecule has 1 unspecified atom stereocenters. The van der Waals surface area contributed by atoms with Gasteiger partial charge in [0, 0.05) is 24.7 Å². The van der Waals surface area contributed by atoms with Crippen LogP contribution >= 0.6 is 24.0 Å². The molecule has 0 amide bonds. The lowest BCUT2D eigenvalue weighted by Crippen LogP contribution is -2.44. The van der Waals surface area contributed by atoms with Crippen LogP contribution in [0.5, 0.6) is 0 Å². The number of guanidine groups is 1. The molecule has 2 rings (SSSR count). The molecule has 0 aliphatic heterocycles. The van der Waals surface area contributed by atoms with Crippen LogP contribution in [-0.2, 0) is 12.1 Å². The number of aliphatic hydroxyl groups is 1. The monoisotopic (exact) mass is 433 g/mol. The quantitative estimate of drug-likeness (QED) is 0.384. The zero-order chi connectivity index (χ0) is 16.2. The molecule has 23 heavy (non-hydrogen) atoms. The first kappa shape index (κ1) is 19.6. The Morgan fingerprint density at radius 1 is 1.35 bits per heavy atom. The molecule has 7 heteroatoms. The van der Waals surface area contributed by atoms with Crippen molar-refractivity contribution in [3.8, 4) is 0 Å². The molecule has 0 radical (unpaired) electrons. The number of nitrogens with one attached hydrogen (secondary N) is 2. The maximum Gasteiger partial charge on any atom is 0.191 e. The van der Waals surface area contributed by atoms with Crippen LogP contribution in [0.2, 0.25) is 0 Å². The van der Waals surface area contributed by atoms with E-state index in [4.69, 9.17) is 8.83 Å². The van der Waals surface area contributed by atoms with Crippen LogP contribution in [-0.4, -0.2) is 24.7 Å². The van der Waals surface area contributed by atoms with Crippen LogP contribution in [0.15, 0.2) is 38.5 Å². The molecule has 0 aliphatic rings. The fourth-order valence-electron chi connectivity index (χ4n) is 2.32. The van der Waals surface area contributed by atoms with Crippen LogP contribution in [0.3, 0.4) is 0 Å². The maximum atomic E-state index is 10.7. The molecular weight excluding hydrogens is 409 g/mol. The van der Waals surface area contributed by atoms with Gasteiger partial charge in [0.25, 0.3) is 0 Å². The van der Waals surface area contributed by atoms with Crippen LogP contribution in [0.1, 0.15) is 29.6 Å². The number of rotatable bonds is 5. The Bertz CT molecular complexity index is 633. The molecule has 0 spiro atoms. The van der Waals surface area contributed by atoms with E-state index in [1.54, 1.807) is 26.5 Å². The molecule has 0 aliphatic carbocycles. The summed E-state index contributed by atoms with van der Waals surface area (Å²) in [5, 5.41) is 16.9. The fraction of sp³-hybridized carbons (Fsp3) is 0.438. The lowest BCUT2D eigenvalue weighted by Gasteiger charge is -2.24. The van der Waals surface area contributed by atoms with Gasteiger partial charge >= 0.3 is 0 Å². The molecule has 0 saturated carbocycles. The smallest absolute Gasteiger partial charge is 0.191 e. The Hall–Kier alpha value is -1.48. The Balaban J connectivity index is 0.00000264. The molecule has 0 aromatic carbocycles. The zero-order valence-electron chi connectivity index (χ0n) is 13.8. The van der Waals surface area contributed by atoms with E-state index in [9.17, 15) is 5.11 Å². The molecule has 2 aromatic heterocycles.